The molecule has 0 amide bonds. The summed E-state index contributed by atoms with van der Waals surface area (Å²) in [6.07, 6.45) is 0. The van der Waals surface area contributed by atoms with Crippen molar-refractivity contribution in [1.82, 2.24) is 0 Å². The van der Waals surface area contributed by atoms with E-state index >= 15 is 0 Å². The molecule has 0 bridgehead atoms. The van der Waals surface area contributed by atoms with E-state index in [1.54, 1.807) is 0 Å². The van der Waals surface area contributed by atoms with Crippen molar-refractivity contribution in [2.75, 3.05) is 6.54 Å². The van der Waals surface area contributed by atoms with Gasteiger partial charge in [-0.25, -0.2) is 0 Å². The number of hydrogen-bond donors (Lipinski definition) is 1. The van der Waals surface area contributed by atoms with E-state index in [4.69, 9.17) is 5.73 Å². The summed E-state index contributed by atoms with van der Waals surface area (Å²) >= 11 is 0. The van der Waals surface area contributed by atoms with Gasteiger partial charge in [0.2, 0.25) is 0 Å². The third-order valence-corrected chi connectivity index (χ3v) is 3.24. The predicted molar refractivity (Wildman–Crippen MR) is 49.3 cm³/mol. The second kappa shape index (κ2) is 2.22. The van der Waals surface area contributed by atoms with Gasteiger partial charge in [-0.15, -0.1) is 0 Å². The van der Waals surface area contributed by atoms with Crippen LogP contribution in [0.15, 0.2) is 0 Å². The number of nitrogens with two attached hydrogens (primary N) is 1. The molecule has 1 fully saturated rings. The van der Waals surface area contributed by atoms with Crippen molar-refractivity contribution in [3.8, 4) is 0 Å². The monoisotopic (exact) mass is 155 g/mol. The average molecular weight is 155 g/mol. The van der Waals surface area contributed by atoms with E-state index in [0.29, 0.717) is 10.8 Å². The first-order valence-corrected chi connectivity index (χ1v) is 4.52. The van der Waals surface area contributed by atoms with Gasteiger partial charge in [-0.2, -0.15) is 0 Å². The van der Waals surface area contributed by atoms with Crippen LogP contribution in [0.1, 0.15) is 34.6 Å². The van der Waals surface area contributed by atoms with Crippen molar-refractivity contribution < 1.29 is 0 Å². The van der Waals surface area contributed by atoms with E-state index in [9.17, 15) is 0 Å². The maximum atomic E-state index is 5.70. The maximum Gasteiger partial charge on any atom is -0.00406 e. The molecule has 1 rings (SSSR count). The van der Waals surface area contributed by atoms with E-state index < -0.39 is 0 Å². The average Bonchev–Trinajstić information content (AvgIpc) is 2.31. The Morgan fingerprint density at radius 3 is 1.82 bits per heavy atom. The summed E-state index contributed by atoms with van der Waals surface area (Å²) in [6.45, 7) is 12.5. The van der Waals surface area contributed by atoms with Crippen molar-refractivity contribution in [2.45, 2.75) is 34.6 Å². The summed E-state index contributed by atoms with van der Waals surface area (Å²) in [7, 11) is 0. The smallest absolute Gasteiger partial charge is 0.00406 e. The van der Waals surface area contributed by atoms with Gasteiger partial charge in [-0.3, -0.25) is 0 Å². The lowest BCUT2D eigenvalue weighted by atomic mass is 9.85. The van der Waals surface area contributed by atoms with Gasteiger partial charge in [0.15, 0.2) is 0 Å². The highest BCUT2D eigenvalue weighted by Crippen LogP contribution is 2.64. The van der Waals surface area contributed by atoms with E-state index in [1.165, 1.54) is 0 Å². The minimum atomic E-state index is 0.438. The first kappa shape index (κ1) is 9.05. The van der Waals surface area contributed by atoms with Gasteiger partial charge in [-0.1, -0.05) is 34.6 Å². The molecule has 11 heavy (non-hydrogen) atoms. The van der Waals surface area contributed by atoms with Crippen LogP contribution in [-0.2, 0) is 0 Å². The lowest BCUT2D eigenvalue weighted by molar-refractivity contribution is 0.296. The zero-order valence-electron chi connectivity index (χ0n) is 8.44. The Kier molecular flexibility index (Phi) is 1.83. The first-order valence-electron chi connectivity index (χ1n) is 4.52. The summed E-state index contributed by atoms with van der Waals surface area (Å²) in [5.74, 6) is 1.57. The minimum Gasteiger partial charge on any atom is -0.330 e. The lowest BCUT2D eigenvalue weighted by Gasteiger charge is -2.20. The first-order chi connectivity index (χ1) is 4.81. The van der Waals surface area contributed by atoms with Crippen LogP contribution in [0.2, 0.25) is 0 Å². The molecule has 0 aromatic rings. The molecule has 1 nitrogen and oxygen atoms in total. The van der Waals surface area contributed by atoms with Gasteiger partial charge in [0.25, 0.3) is 0 Å². The highest BCUT2D eigenvalue weighted by molar-refractivity contribution is 5.09. The molecule has 2 N–H and O–H groups in total. The van der Waals surface area contributed by atoms with Gasteiger partial charge in [0.1, 0.15) is 0 Å². The molecular formula is C10H21N. The van der Waals surface area contributed by atoms with Crippen LogP contribution in [0.3, 0.4) is 0 Å². The summed E-state index contributed by atoms with van der Waals surface area (Å²) in [5.41, 5.74) is 6.63. The normalized spacial score (nSPS) is 35.5. The van der Waals surface area contributed by atoms with E-state index in [-0.39, 0.29) is 0 Å². The van der Waals surface area contributed by atoms with Crippen LogP contribution in [-0.4, -0.2) is 6.54 Å². The van der Waals surface area contributed by atoms with Gasteiger partial charge in [-0.05, 0) is 29.2 Å². The summed E-state index contributed by atoms with van der Waals surface area (Å²) in [4.78, 5) is 0. The molecule has 2 atom stereocenters. The molecule has 1 heteroatoms. The largest absolute Gasteiger partial charge is 0.330 e. The van der Waals surface area contributed by atoms with E-state index in [2.05, 4.69) is 34.6 Å². The van der Waals surface area contributed by atoms with Crippen LogP contribution in [0.4, 0.5) is 0 Å². The zero-order valence-corrected chi connectivity index (χ0v) is 8.44. The van der Waals surface area contributed by atoms with Crippen molar-refractivity contribution in [3.05, 3.63) is 0 Å². The number of hydrogen-bond acceptors (Lipinski definition) is 1. The van der Waals surface area contributed by atoms with Crippen molar-refractivity contribution in [3.63, 3.8) is 0 Å². The fourth-order valence-corrected chi connectivity index (χ4v) is 2.90. The highest BCUT2D eigenvalue weighted by Gasteiger charge is 2.60. The molecule has 0 aromatic heterocycles. The molecule has 0 aromatic carbocycles. The molecule has 0 heterocycles. The summed E-state index contributed by atoms with van der Waals surface area (Å²) in [5, 5.41) is 0. The Labute approximate surface area is 70.4 Å². The third-order valence-electron chi connectivity index (χ3n) is 3.24. The molecule has 0 spiro atoms. The molecule has 0 saturated heterocycles. The number of rotatable bonds is 1. The zero-order chi connectivity index (χ0) is 8.86. The summed E-state index contributed by atoms with van der Waals surface area (Å²) in [6, 6.07) is 0. The molecule has 66 valence electrons. The second-order valence-corrected chi connectivity index (χ2v) is 5.51. The summed E-state index contributed by atoms with van der Waals surface area (Å²) < 4.78 is 0. The Bertz CT molecular complexity index is 153. The molecular weight excluding hydrogens is 134 g/mol. The Balaban J connectivity index is 2.66. The van der Waals surface area contributed by atoms with Crippen LogP contribution >= 0.6 is 0 Å². The van der Waals surface area contributed by atoms with Crippen LogP contribution in [0, 0.1) is 22.7 Å². The van der Waals surface area contributed by atoms with Crippen LogP contribution < -0.4 is 5.73 Å². The fraction of sp³-hybridized carbons (Fsp3) is 1.00. The van der Waals surface area contributed by atoms with Crippen LogP contribution in [0.5, 0.6) is 0 Å². The Hall–Kier alpha value is -0.0400. The van der Waals surface area contributed by atoms with Gasteiger partial charge in [0, 0.05) is 0 Å². The SMILES string of the molecule is CC(C)(C)[C@H]1[C@H](CN)C1(C)C. The van der Waals surface area contributed by atoms with Crippen LogP contribution in [0.25, 0.3) is 0 Å². The van der Waals surface area contributed by atoms with Gasteiger partial charge < -0.3 is 5.73 Å². The standard InChI is InChI=1S/C10H21N/c1-9(2,3)8-7(6-11)10(8,4)5/h7-8H,6,11H2,1-5H3/t7-,8+/m0/s1. The quantitative estimate of drug-likeness (QED) is 0.617. The molecule has 0 unspecified atom stereocenters. The van der Waals surface area contributed by atoms with Crippen molar-refractivity contribution in [1.29, 1.82) is 0 Å². The molecule has 1 saturated carbocycles. The molecule has 0 radical (unpaired) electrons. The topological polar surface area (TPSA) is 26.0 Å². The van der Waals surface area contributed by atoms with Crippen molar-refractivity contribution >= 4 is 0 Å². The van der Waals surface area contributed by atoms with Gasteiger partial charge in [0.05, 0.1) is 0 Å². The molecule has 1 aliphatic carbocycles. The second-order valence-electron chi connectivity index (χ2n) is 5.51. The fourth-order valence-electron chi connectivity index (χ4n) is 2.90. The Morgan fingerprint density at radius 2 is 1.73 bits per heavy atom. The third kappa shape index (κ3) is 1.31. The minimum absolute atomic E-state index is 0.438. The van der Waals surface area contributed by atoms with E-state index in [1.807, 2.05) is 0 Å². The maximum absolute atomic E-state index is 5.70. The van der Waals surface area contributed by atoms with Gasteiger partial charge >= 0.3 is 0 Å². The molecule has 0 aliphatic heterocycles. The molecule has 1 aliphatic rings. The Morgan fingerprint density at radius 1 is 1.27 bits per heavy atom. The lowest BCUT2D eigenvalue weighted by Crippen LogP contribution is -2.13. The predicted octanol–water partition coefficient (Wildman–Crippen LogP) is 2.26. The van der Waals surface area contributed by atoms with Crippen molar-refractivity contribution in [2.24, 2.45) is 28.4 Å². The highest BCUT2D eigenvalue weighted by atomic mass is 14.7. The van der Waals surface area contributed by atoms with E-state index in [0.717, 1.165) is 18.4 Å².